The van der Waals surface area contributed by atoms with Crippen molar-refractivity contribution in [3.63, 3.8) is 0 Å². The van der Waals surface area contributed by atoms with Gasteiger partial charge in [-0.15, -0.1) is 0 Å². The summed E-state index contributed by atoms with van der Waals surface area (Å²) in [5.41, 5.74) is 1.05. The van der Waals surface area contributed by atoms with Crippen LogP contribution in [0.5, 0.6) is 5.75 Å². The summed E-state index contributed by atoms with van der Waals surface area (Å²) < 4.78 is 5.09. The second kappa shape index (κ2) is 7.58. The van der Waals surface area contributed by atoms with Crippen molar-refractivity contribution in [3.8, 4) is 5.75 Å². The second-order valence-electron chi connectivity index (χ2n) is 5.33. The summed E-state index contributed by atoms with van der Waals surface area (Å²) in [5.74, 6) is -2.02. The van der Waals surface area contributed by atoms with Crippen LogP contribution in [0.3, 0.4) is 0 Å². The lowest BCUT2D eigenvalue weighted by molar-refractivity contribution is -0.139. The number of aliphatic carboxylic acids is 1. The molecule has 1 aliphatic rings. The molecule has 1 atom stereocenters. The van der Waals surface area contributed by atoms with Gasteiger partial charge in [-0.1, -0.05) is 6.92 Å². The zero-order valence-electron chi connectivity index (χ0n) is 13.1. The monoisotopic (exact) mass is 334 g/mol. The number of imide groups is 1. The van der Waals surface area contributed by atoms with Crippen LogP contribution in [0.1, 0.15) is 35.7 Å². The van der Waals surface area contributed by atoms with Gasteiger partial charge in [0.2, 0.25) is 11.8 Å². The summed E-state index contributed by atoms with van der Waals surface area (Å²) in [6.07, 6.45) is 0.972. The van der Waals surface area contributed by atoms with E-state index in [1.807, 2.05) is 6.92 Å². The summed E-state index contributed by atoms with van der Waals surface area (Å²) in [4.78, 5) is 45.7. The predicted molar refractivity (Wildman–Crippen MR) is 82.6 cm³/mol. The third kappa shape index (κ3) is 4.31. The Morgan fingerprint density at radius 2 is 2.12 bits per heavy atom. The molecule has 24 heavy (non-hydrogen) atoms. The molecule has 8 heteroatoms. The highest BCUT2D eigenvalue weighted by atomic mass is 16.5. The number of nitrogens with one attached hydrogen (secondary N) is 2. The number of amides is 3. The van der Waals surface area contributed by atoms with Crippen molar-refractivity contribution < 1.29 is 29.0 Å². The average Bonchev–Trinajstić information content (AvgIpc) is 2.55. The predicted octanol–water partition coefficient (Wildman–Crippen LogP) is 0.247. The minimum atomic E-state index is -1.09. The van der Waals surface area contributed by atoms with E-state index in [0.29, 0.717) is 23.3 Å². The lowest BCUT2D eigenvalue weighted by Crippen LogP contribution is -2.52. The summed E-state index contributed by atoms with van der Waals surface area (Å²) in [6, 6.07) is 3.88. The van der Waals surface area contributed by atoms with Crippen molar-refractivity contribution in [2.45, 2.75) is 32.2 Å². The smallest absolute Gasteiger partial charge is 0.341 e. The second-order valence-corrected chi connectivity index (χ2v) is 5.33. The fourth-order valence-electron chi connectivity index (χ4n) is 2.39. The topological polar surface area (TPSA) is 122 Å². The molecular formula is C16H18N2O6. The number of ether oxygens (including phenoxy) is 1. The Hall–Kier alpha value is -2.90. The molecule has 0 saturated carbocycles. The molecule has 3 N–H and O–H groups in total. The lowest BCUT2D eigenvalue weighted by Gasteiger charge is -2.22. The Morgan fingerprint density at radius 1 is 1.38 bits per heavy atom. The highest BCUT2D eigenvalue weighted by molar-refractivity contribution is 6.04. The fourth-order valence-corrected chi connectivity index (χ4v) is 2.39. The van der Waals surface area contributed by atoms with E-state index in [0.717, 1.165) is 0 Å². The SMILES string of the molecule is CCc1cc(OCC(=O)O)ccc1C(=O)NC1CCC(=O)NC1=O. The number of carboxylic acids is 1. The number of rotatable bonds is 6. The van der Waals surface area contributed by atoms with Crippen LogP contribution >= 0.6 is 0 Å². The summed E-state index contributed by atoms with van der Waals surface area (Å²) in [6.45, 7) is 1.38. The number of aryl methyl sites for hydroxylation is 1. The molecule has 0 radical (unpaired) electrons. The molecule has 2 rings (SSSR count). The molecule has 128 valence electrons. The van der Waals surface area contributed by atoms with Gasteiger partial charge in [0.25, 0.3) is 5.91 Å². The van der Waals surface area contributed by atoms with E-state index in [1.165, 1.54) is 12.1 Å². The van der Waals surface area contributed by atoms with Crippen LogP contribution in [0.25, 0.3) is 0 Å². The third-order valence-electron chi connectivity index (χ3n) is 3.61. The zero-order chi connectivity index (χ0) is 17.7. The van der Waals surface area contributed by atoms with Gasteiger partial charge >= 0.3 is 5.97 Å². The molecule has 1 unspecified atom stereocenters. The first-order valence-corrected chi connectivity index (χ1v) is 7.52. The molecule has 0 aliphatic carbocycles. The maximum absolute atomic E-state index is 12.4. The van der Waals surface area contributed by atoms with E-state index >= 15 is 0 Å². The molecule has 8 nitrogen and oxygen atoms in total. The van der Waals surface area contributed by atoms with E-state index in [4.69, 9.17) is 9.84 Å². The first kappa shape index (κ1) is 17.5. The molecule has 3 amide bonds. The van der Waals surface area contributed by atoms with Crippen LogP contribution in [-0.2, 0) is 20.8 Å². The average molecular weight is 334 g/mol. The van der Waals surface area contributed by atoms with Crippen molar-refractivity contribution >= 4 is 23.7 Å². The molecule has 1 aromatic carbocycles. The van der Waals surface area contributed by atoms with Gasteiger partial charge in [-0.2, -0.15) is 0 Å². The van der Waals surface area contributed by atoms with Crippen LogP contribution in [0.2, 0.25) is 0 Å². The summed E-state index contributed by atoms with van der Waals surface area (Å²) in [5, 5.41) is 13.4. The maximum atomic E-state index is 12.4. The van der Waals surface area contributed by atoms with Gasteiger partial charge in [0.05, 0.1) is 0 Å². The van der Waals surface area contributed by atoms with Gasteiger partial charge < -0.3 is 15.2 Å². The van der Waals surface area contributed by atoms with Gasteiger partial charge in [-0.25, -0.2) is 4.79 Å². The number of carboxylic acid groups (broad SMARTS) is 1. The molecule has 0 bridgehead atoms. The van der Waals surface area contributed by atoms with Crippen molar-refractivity contribution in [3.05, 3.63) is 29.3 Å². The number of carbonyl (C=O) groups excluding carboxylic acids is 3. The number of hydrogen-bond donors (Lipinski definition) is 3. The van der Waals surface area contributed by atoms with Crippen LogP contribution in [0, 0.1) is 0 Å². The van der Waals surface area contributed by atoms with E-state index in [1.54, 1.807) is 6.07 Å². The van der Waals surface area contributed by atoms with Crippen molar-refractivity contribution in [2.24, 2.45) is 0 Å². The first-order chi connectivity index (χ1) is 11.4. The summed E-state index contributed by atoms with van der Waals surface area (Å²) in [7, 11) is 0. The van der Waals surface area contributed by atoms with E-state index < -0.39 is 30.4 Å². The molecule has 1 fully saturated rings. The van der Waals surface area contributed by atoms with Crippen molar-refractivity contribution in [2.75, 3.05) is 6.61 Å². The van der Waals surface area contributed by atoms with Crippen molar-refractivity contribution in [1.82, 2.24) is 10.6 Å². The highest BCUT2D eigenvalue weighted by Gasteiger charge is 2.28. The van der Waals surface area contributed by atoms with E-state index in [-0.39, 0.29) is 18.7 Å². The largest absolute Gasteiger partial charge is 0.482 e. The van der Waals surface area contributed by atoms with E-state index in [2.05, 4.69) is 10.6 Å². The minimum absolute atomic E-state index is 0.180. The molecule has 1 heterocycles. The molecule has 0 spiro atoms. The van der Waals surface area contributed by atoms with Crippen molar-refractivity contribution in [1.29, 1.82) is 0 Å². The third-order valence-corrected chi connectivity index (χ3v) is 3.61. The Morgan fingerprint density at radius 3 is 2.75 bits per heavy atom. The number of hydrogen-bond acceptors (Lipinski definition) is 5. The summed E-state index contributed by atoms with van der Waals surface area (Å²) >= 11 is 0. The first-order valence-electron chi connectivity index (χ1n) is 7.52. The van der Waals surface area contributed by atoms with Gasteiger partial charge in [0.15, 0.2) is 6.61 Å². The normalized spacial score (nSPS) is 17.1. The van der Waals surface area contributed by atoms with Crippen LogP contribution in [-0.4, -0.2) is 41.4 Å². The van der Waals surface area contributed by atoms with Crippen LogP contribution < -0.4 is 15.4 Å². The number of carbonyl (C=O) groups is 4. The lowest BCUT2D eigenvalue weighted by atomic mass is 10.0. The molecule has 0 aromatic heterocycles. The number of piperidine rings is 1. The van der Waals surface area contributed by atoms with Gasteiger partial charge in [-0.05, 0) is 36.6 Å². The molecule has 1 aliphatic heterocycles. The van der Waals surface area contributed by atoms with Crippen LogP contribution in [0.4, 0.5) is 0 Å². The molecule has 1 saturated heterocycles. The van der Waals surface area contributed by atoms with Crippen LogP contribution in [0.15, 0.2) is 18.2 Å². The van der Waals surface area contributed by atoms with E-state index in [9.17, 15) is 19.2 Å². The minimum Gasteiger partial charge on any atom is -0.482 e. The zero-order valence-corrected chi connectivity index (χ0v) is 13.1. The molecule has 1 aromatic rings. The van der Waals surface area contributed by atoms with Gasteiger partial charge in [0.1, 0.15) is 11.8 Å². The number of benzene rings is 1. The quantitative estimate of drug-likeness (QED) is 0.641. The maximum Gasteiger partial charge on any atom is 0.341 e. The van der Waals surface area contributed by atoms with Gasteiger partial charge in [-0.3, -0.25) is 19.7 Å². The Balaban J connectivity index is 2.09. The highest BCUT2D eigenvalue weighted by Crippen LogP contribution is 2.19. The van der Waals surface area contributed by atoms with Gasteiger partial charge in [0, 0.05) is 12.0 Å². The fraction of sp³-hybridized carbons (Fsp3) is 0.375. The Bertz CT molecular complexity index is 685. The Kier molecular flexibility index (Phi) is 5.51. The molecular weight excluding hydrogens is 316 g/mol. The Labute approximate surface area is 138 Å². The standard InChI is InChI=1S/C16H18N2O6/c1-2-9-7-10(24-8-14(20)21)3-4-11(9)15(22)17-12-5-6-13(19)18-16(12)23/h3-4,7,12H,2,5-6,8H2,1H3,(H,17,22)(H,20,21)(H,18,19,23).